The molecule has 0 fully saturated rings. The second-order valence-electron chi connectivity index (χ2n) is 3.95. The molecule has 2 aromatic rings. The summed E-state index contributed by atoms with van der Waals surface area (Å²) >= 11 is 1.58. The van der Waals surface area contributed by atoms with Crippen LogP contribution in [0.3, 0.4) is 0 Å². The lowest BCUT2D eigenvalue weighted by Crippen LogP contribution is -2.00. The van der Waals surface area contributed by atoms with Gasteiger partial charge < -0.3 is 10.5 Å². The molecule has 0 aliphatic carbocycles. The molecule has 0 atom stereocenters. The summed E-state index contributed by atoms with van der Waals surface area (Å²) < 4.78 is 5.81. The van der Waals surface area contributed by atoms with E-state index in [4.69, 9.17) is 10.5 Å². The Hall–Kier alpha value is -1.39. The normalized spacial score (nSPS) is 10.5. The van der Waals surface area contributed by atoms with E-state index in [1.807, 2.05) is 11.4 Å². The third-order valence-electron chi connectivity index (χ3n) is 2.55. The number of nitrogens with zero attached hydrogens (tertiary/aromatic N) is 1. The van der Waals surface area contributed by atoms with E-state index in [2.05, 4.69) is 31.0 Å². The zero-order chi connectivity index (χ0) is 12.3. The lowest BCUT2D eigenvalue weighted by molar-refractivity contribution is 0.298. The maximum Gasteiger partial charge on any atom is 0.131 e. The van der Waals surface area contributed by atoms with Crippen LogP contribution in [0.2, 0.25) is 0 Å². The number of hydrogen-bond acceptors (Lipinski definition) is 4. The first kappa shape index (κ1) is 12.1. The fourth-order valence-electron chi connectivity index (χ4n) is 1.68. The van der Waals surface area contributed by atoms with Crippen LogP contribution in [0.25, 0.3) is 0 Å². The Balaban J connectivity index is 2.07. The van der Waals surface area contributed by atoms with Gasteiger partial charge in [0.25, 0.3) is 0 Å². The fraction of sp³-hybridized carbons (Fsp3) is 0.308. The summed E-state index contributed by atoms with van der Waals surface area (Å²) in [5, 5.41) is 2.95. The van der Waals surface area contributed by atoms with Crippen LogP contribution in [0, 0.1) is 13.8 Å². The van der Waals surface area contributed by atoms with Crippen LogP contribution in [0.4, 0.5) is 0 Å². The Labute approximate surface area is 105 Å². The average molecular weight is 248 g/mol. The van der Waals surface area contributed by atoms with E-state index in [-0.39, 0.29) is 0 Å². The minimum Gasteiger partial charge on any atom is -0.487 e. The number of nitrogens with two attached hydrogens (primary N) is 1. The molecule has 0 saturated carbocycles. The molecule has 90 valence electrons. The average Bonchev–Trinajstić information content (AvgIpc) is 2.76. The number of benzene rings is 1. The largest absolute Gasteiger partial charge is 0.487 e. The van der Waals surface area contributed by atoms with Gasteiger partial charge in [0.15, 0.2) is 0 Å². The van der Waals surface area contributed by atoms with Gasteiger partial charge in [-0.1, -0.05) is 18.2 Å². The summed E-state index contributed by atoms with van der Waals surface area (Å²) in [6.07, 6.45) is 0. The minimum absolute atomic E-state index is 0.494. The molecular weight excluding hydrogens is 232 g/mol. The minimum atomic E-state index is 0.494. The van der Waals surface area contributed by atoms with Crippen molar-refractivity contribution in [1.29, 1.82) is 0 Å². The first-order valence-corrected chi connectivity index (χ1v) is 6.41. The van der Waals surface area contributed by atoms with Crippen molar-refractivity contribution in [3.8, 4) is 5.75 Å². The van der Waals surface area contributed by atoms with E-state index in [9.17, 15) is 0 Å². The zero-order valence-electron chi connectivity index (χ0n) is 10.1. The first-order valence-electron chi connectivity index (χ1n) is 5.53. The topological polar surface area (TPSA) is 48.1 Å². The van der Waals surface area contributed by atoms with Gasteiger partial charge in [-0.2, -0.15) is 0 Å². The SMILES string of the molecule is Cc1cccc(C)c1OCc1csc(CN)n1. The summed E-state index contributed by atoms with van der Waals surface area (Å²) in [5.74, 6) is 0.954. The molecule has 2 rings (SSSR count). The van der Waals surface area contributed by atoms with Crippen molar-refractivity contribution < 1.29 is 4.74 Å². The van der Waals surface area contributed by atoms with Crippen molar-refractivity contribution >= 4 is 11.3 Å². The predicted octanol–water partition coefficient (Wildman–Crippen LogP) is 2.80. The molecule has 0 spiro atoms. The van der Waals surface area contributed by atoms with E-state index < -0.39 is 0 Å². The van der Waals surface area contributed by atoms with Crippen LogP contribution in [-0.2, 0) is 13.2 Å². The van der Waals surface area contributed by atoms with Crippen LogP contribution in [-0.4, -0.2) is 4.98 Å². The number of hydrogen-bond donors (Lipinski definition) is 1. The van der Waals surface area contributed by atoms with Crippen molar-refractivity contribution in [2.75, 3.05) is 0 Å². The van der Waals surface area contributed by atoms with Gasteiger partial charge in [0.2, 0.25) is 0 Å². The number of para-hydroxylation sites is 1. The van der Waals surface area contributed by atoms with E-state index in [0.29, 0.717) is 13.2 Å². The highest BCUT2D eigenvalue weighted by Gasteiger charge is 2.05. The molecule has 17 heavy (non-hydrogen) atoms. The molecule has 1 aromatic carbocycles. The molecule has 3 nitrogen and oxygen atoms in total. The third-order valence-corrected chi connectivity index (χ3v) is 3.47. The standard InChI is InChI=1S/C13H16N2OS/c1-9-4-3-5-10(2)13(9)16-7-11-8-17-12(6-14)15-11/h3-5,8H,6-7,14H2,1-2H3. The predicted molar refractivity (Wildman–Crippen MR) is 70.3 cm³/mol. The van der Waals surface area contributed by atoms with Crippen LogP contribution in [0.15, 0.2) is 23.6 Å². The summed E-state index contributed by atoms with van der Waals surface area (Å²) in [6.45, 7) is 5.10. The van der Waals surface area contributed by atoms with E-state index in [1.165, 1.54) is 0 Å². The van der Waals surface area contributed by atoms with Crippen LogP contribution >= 0.6 is 11.3 Å². The van der Waals surface area contributed by atoms with Crippen LogP contribution in [0.1, 0.15) is 21.8 Å². The van der Waals surface area contributed by atoms with E-state index in [1.54, 1.807) is 11.3 Å². The second kappa shape index (κ2) is 5.29. The van der Waals surface area contributed by atoms with Crippen LogP contribution in [0.5, 0.6) is 5.75 Å². The molecular formula is C13H16N2OS. The van der Waals surface area contributed by atoms with Crippen molar-refractivity contribution in [2.24, 2.45) is 5.73 Å². The van der Waals surface area contributed by atoms with Crippen molar-refractivity contribution in [1.82, 2.24) is 4.98 Å². The molecule has 0 aliphatic heterocycles. The number of ether oxygens (including phenoxy) is 1. The van der Waals surface area contributed by atoms with Crippen molar-refractivity contribution in [3.05, 3.63) is 45.4 Å². The Bertz CT molecular complexity index is 488. The summed E-state index contributed by atoms with van der Waals surface area (Å²) in [4.78, 5) is 4.37. The molecule has 0 aliphatic rings. The van der Waals surface area contributed by atoms with E-state index >= 15 is 0 Å². The molecule has 1 aromatic heterocycles. The third kappa shape index (κ3) is 2.84. The van der Waals surface area contributed by atoms with Gasteiger partial charge in [0.05, 0.1) is 5.69 Å². The van der Waals surface area contributed by atoms with Crippen molar-refractivity contribution in [3.63, 3.8) is 0 Å². The number of rotatable bonds is 4. The van der Waals surface area contributed by atoms with Gasteiger partial charge in [0.1, 0.15) is 17.4 Å². The maximum absolute atomic E-state index is 5.81. The van der Waals surface area contributed by atoms with Gasteiger partial charge in [0, 0.05) is 11.9 Å². The molecule has 0 unspecified atom stereocenters. The van der Waals surface area contributed by atoms with Gasteiger partial charge in [-0.05, 0) is 25.0 Å². The maximum atomic E-state index is 5.81. The van der Waals surface area contributed by atoms with Gasteiger partial charge in [-0.15, -0.1) is 11.3 Å². The van der Waals surface area contributed by atoms with Gasteiger partial charge >= 0.3 is 0 Å². The lowest BCUT2D eigenvalue weighted by Gasteiger charge is -2.10. The number of aromatic nitrogens is 1. The molecule has 0 bridgehead atoms. The quantitative estimate of drug-likeness (QED) is 0.905. The number of thiazole rings is 1. The highest BCUT2D eigenvalue weighted by Crippen LogP contribution is 2.23. The Kier molecular flexibility index (Phi) is 3.76. The summed E-state index contributed by atoms with van der Waals surface area (Å²) in [7, 11) is 0. The summed E-state index contributed by atoms with van der Waals surface area (Å²) in [5.41, 5.74) is 8.77. The van der Waals surface area contributed by atoms with Crippen LogP contribution < -0.4 is 10.5 Å². The molecule has 0 amide bonds. The highest BCUT2D eigenvalue weighted by atomic mass is 32.1. The van der Waals surface area contributed by atoms with Crippen molar-refractivity contribution in [2.45, 2.75) is 27.0 Å². The molecule has 0 saturated heterocycles. The molecule has 1 heterocycles. The number of aryl methyl sites for hydroxylation is 2. The fourth-order valence-corrected chi connectivity index (χ4v) is 2.34. The summed E-state index contributed by atoms with van der Waals surface area (Å²) in [6, 6.07) is 6.14. The zero-order valence-corrected chi connectivity index (χ0v) is 10.9. The Morgan fingerprint density at radius 3 is 2.59 bits per heavy atom. The molecule has 4 heteroatoms. The van der Waals surface area contributed by atoms with Gasteiger partial charge in [-0.25, -0.2) is 4.98 Å². The first-order chi connectivity index (χ1) is 8.20. The molecule has 2 N–H and O–H groups in total. The smallest absolute Gasteiger partial charge is 0.131 e. The lowest BCUT2D eigenvalue weighted by atomic mass is 10.1. The highest BCUT2D eigenvalue weighted by molar-refractivity contribution is 7.09. The monoisotopic (exact) mass is 248 g/mol. The Morgan fingerprint density at radius 1 is 1.29 bits per heavy atom. The Morgan fingerprint density at radius 2 is 2.00 bits per heavy atom. The van der Waals surface area contributed by atoms with E-state index in [0.717, 1.165) is 27.6 Å². The second-order valence-corrected chi connectivity index (χ2v) is 4.89. The van der Waals surface area contributed by atoms with Gasteiger partial charge in [-0.3, -0.25) is 0 Å². The molecule has 0 radical (unpaired) electrons.